The Labute approximate surface area is 225 Å². The van der Waals surface area contributed by atoms with Crippen molar-refractivity contribution in [2.45, 2.75) is 66.4 Å². The van der Waals surface area contributed by atoms with Crippen LogP contribution in [0.1, 0.15) is 74.0 Å². The molecule has 4 rings (SSSR count). The Morgan fingerprint density at radius 1 is 1.08 bits per heavy atom. The highest BCUT2D eigenvalue weighted by atomic mass is 16.5. The minimum atomic E-state index is -0.246. The summed E-state index contributed by atoms with van der Waals surface area (Å²) < 4.78 is 13.2. The topological polar surface area (TPSA) is 65.7 Å². The summed E-state index contributed by atoms with van der Waals surface area (Å²) in [5.74, 6) is 7.37. The van der Waals surface area contributed by atoms with Gasteiger partial charge >= 0.3 is 5.97 Å². The number of rotatable bonds is 9. The quantitative estimate of drug-likeness (QED) is 0.184. The van der Waals surface area contributed by atoms with Crippen molar-refractivity contribution < 1.29 is 14.3 Å². The minimum absolute atomic E-state index is 0.210. The van der Waals surface area contributed by atoms with E-state index in [2.05, 4.69) is 63.8 Å². The second kappa shape index (κ2) is 12.0. The molecule has 0 saturated carbocycles. The molecule has 0 saturated heterocycles. The third-order valence-electron chi connectivity index (χ3n) is 6.46. The molecule has 1 unspecified atom stereocenters. The lowest BCUT2D eigenvalue weighted by molar-refractivity contribution is -0.143. The number of benzene rings is 2. The molecule has 0 aliphatic carbocycles. The van der Waals surface area contributed by atoms with Gasteiger partial charge < -0.3 is 9.47 Å². The zero-order chi connectivity index (χ0) is 27.2. The first-order valence-electron chi connectivity index (χ1n) is 13.1. The van der Waals surface area contributed by atoms with Gasteiger partial charge in [-0.15, -0.1) is 5.92 Å². The average molecular weight is 510 g/mol. The van der Waals surface area contributed by atoms with Crippen molar-refractivity contribution in [3.8, 4) is 28.7 Å². The molecule has 2 aromatic heterocycles. The smallest absolute Gasteiger partial charge is 0.307 e. The Kier molecular flexibility index (Phi) is 8.48. The zero-order valence-corrected chi connectivity index (χ0v) is 23.0. The number of aromatic nitrogens is 3. The van der Waals surface area contributed by atoms with E-state index in [1.54, 1.807) is 13.8 Å². The molecule has 6 nitrogen and oxygen atoms in total. The number of hydrogen-bond acceptors (Lipinski definition) is 5. The molecular formula is C32H35N3O3. The molecule has 38 heavy (non-hydrogen) atoms. The van der Waals surface area contributed by atoms with Crippen LogP contribution in [0.4, 0.5) is 0 Å². The predicted octanol–water partition coefficient (Wildman–Crippen LogP) is 6.78. The van der Waals surface area contributed by atoms with E-state index in [4.69, 9.17) is 19.6 Å². The number of esters is 1. The van der Waals surface area contributed by atoms with Crippen molar-refractivity contribution in [1.82, 2.24) is 14.6 Å². The van der Waals surface area contributed by atoms with Gasteiger partial charge in [-0.2, -0.15) is 5.10 Å². The number of nitrogens with zero attached hydrogens (tertiary/aromatic N) is 3. The number of hydrogen-bond donors (Lipinski definition) is 0. The van der Waals surface area contributed by atoms with Gasteiger partial charge in [0, 0.05) is 23.2 Å². The highest BCUT2D eigenvalue weighted by Gasteiger charge is 2.18. The van der Waals surface area contributed by atoms with E-state index in [0.29, 0.717) is 13.2 Å². The van der Waals surface area contributed by atoms with Crippen molar-refractivity contribution in [3.63, 3.8) is 0 Å². The maximum absolute atomic E-state index is 12.0. The van der Waals surface area contributed by atoms with Crippen LogP contribution in [0.3, 0.4) is 0 Å². The van der Waals surface area contributed by atoms with Crippen LogP contribution < -0.4 is 4.74 Å². The number of pyridine rings is 1. The Hall–Kier alpha value is -4.11. The number of carbonyl (C=O) groups is 1. The maximum Gasteiger partial charge on any atom is 0.307 e. The zero-order valence-electron chi connectivity index (χ0n) is 23.0. The molecule has 0 radical (unpaired) electrons. The number of carbonyl (C=O) groups excluding carboxylic acids is 1. The summed E-state index contributed by atoms with van der Waals surface area (Å²) in [4.78, 5) is 16.9. The first-order valence-corrected chi connectivity index (χ1v) is 13.1. The third-order valence-corrected chi connectivity index (χ3v) is 6.46. The van der Waals surface area contributed by atoms with Gasteiger partial charge in [0.2, 0.25) is 0 Å². The van der Waals surface area contributed by atoms with E-state index in [9.17, 15) is 4.79 Å². The van der Waals surface area contributed by atoms with Gasteiger partial charge in [-0.05, 0) is 68.1 Å². The first kappa shape index (κ1) is 26.9. The SMILES string of the molecule is CC#CC(CC(=O)OCC)c1ccc(OCc2cc(-c3c(C)cccc3C)c3nc(C(C)C)nn3c2)cc1. The van der Waals surface area contributed by atoms with Gasteiger partial charge in [-0.3, -0.25) is 4.79 Å². The normalized spacial score (nSPS) is 11.8. The van der Waals surface area contributed by atoms with Crippen LogP contribution >= 0.6 is 0 Å². The molecule has 4 aromatic rings. The molecule has 2 aromatic carbocycles. The average Bonchev–Trinajstić information content (AvgIpc) is 3.32. The molecule has 0 bridgehead atoms. The molecule has 0 spiro atoms. The lowest BCUT2D eigenvalue weighted by Gasteiger charge is -2.14. The van der Waals surface area contributed by atoms with E-state index < -0.39 is 0 Å². The molecule has 0 N–H and O–H groups in total. The fourth-order valence-electron chi connectivity index (χ4n) is 4.58. The van der Waals surface area contributed by atoms with E-state index in [1.165, 1.54) is 16.7 Å². The molecule has 0 aliphatic heterocycles. The number of aryl methyl sites for hydroxylation is 2. The van der Waals surface area contributed by atoms with Crippen LogP contribution in [-0.2, 0) is 16.1 Å². The van der Waals surface area contributed by atoms with Gasteiger partial charge in [-0.1, -0.05) is 50.1 Å². The van der Waals surface area contributed by atoms with Crippen LogP contribution in [0.2, 0.25) is 0 Å². The third kappa shape index (κ3) is 6.06. The second-order valence-corrected chi connectivity index (χ2v) is 9.74. The van der Waals surface area contributed by atoms with Crippen LogP contribution in [0, 0.1) is 25.7 Å². The molecule has 1 atom stereocenters. The summed E-state index contributed by atoms with van der Waals surface area (Å²) in [5.41, 5.74) is 7.43. The summed E-state index contributed by atoms with van der Waals surface area (Å²) in [5, 5.41) is 4.76. The first-order chi connectivity index (χ1) is 18.3. The van der Waals surface area contributed by atoms with Gasteiger partial charge in [0.1, 0.15) is 12.4 Å². The lowest BCUT2D eigenvalue weighted by atomic mass is 9.95. The molecule has 0 aliphatic rings. The standard InChI is InChI=1S/C32H35N3O3/c1-7-10-26(18-29(36)37-8-2)25-13-15-27(16-14-25)38-20-24-17-28(30-22(5)11-9-12-23(30)6)32-33-31(21(3)4)34-35(32)19-24/h9,11-17,19,21,26H,8,18,20H2,1-6H3. The molecule has 0 fully saturated rings. The summed E-state index contributed by atoms with van der Waals surface area (Å²) in [6.07, 6.45) is 2.22. The van der Waals surface area contributed by atoms with E-state index in [1.807, 2.05) is 35.0 Å². The van der Waals surface area contributed by atoms with Gasteiger partial charge in [0.15, 0.2) is 11.5 Å². The van der Waals surface area contributed by atoms with Gasteiger partial charge in [0.25, 0.3) is 0 Å². The van der Waals surface area contributed by atoms with E-state index >= 15 is 0 Å². The highest BCUT2D eigenvalue weighted by Crippen LogP contribution is 2.32. The van der Waals surface area contributed by atoms with Gasteiger partial charge in [-0.25, -0.2) is 9.50 Å². The van der Waals surface area contributed by atoms with Crippen molar-refractivity contribution >= 4 is 11.6 Å². The minimum Gasteiger partial charge on any atom is -0.489 e. The Balaban J connectivity index is 1.60. The van der Waals surface area contributed by atoms with Crippen molar-refractivity contribution in [1.29, 1.82) is 0 Å². The van der Waals surface area contributed by atoms with Gasteiger partial charge in [0.05, 0.1) is 18.9 Å². The van der Waals surface area contributed by atoms with Crippen molar-refractivity contribution in [2.24, 2.45) is 0 Å². The summed E-state index contributed by atoms with van der Waals surface area (Å²) in [6.45, 7) is 12.8. The summed E-state index contributed by atoms with van der Waals surface area (Å²) >= 11 is 0. The monoisotopic (exact) mass is 509 g/mol. The second-order valence-electron chi connectivity index (χ2n) is 9.74. The van der Waals surface area contributed by atoms with Crippen LogP contribution in [0.5, 0.6) is 5.75 Å². The van der Waals surface area contributed by atoms with Crippen molar-refractivity contribution in [3.05, 3.63) is 82.8 Å². The number of ether oxygens (including phenoxy) is 2. The van der Waals surface area contributed by atoms with Crippen LogP contribution in [0.15, 0.2) is 54.7 Å². The fraction of sp³-hybridized carbons (Fsp3) is 0.344. The molecule has 0 amide bonds. The molecular weight excluding hydrogens is 474 g/mol. The number of fused-ring (bicyclic) bond motifs is 1. The molecule has 196 valence electrons. The predicted molar refractivity (Wildman–Crippen MR) is 150 cm³/mol. The molecule has 2 heterocycles. The molecule has 6 heteroatoms. The Morgan fingerprint density at radius 3 is 2.42 bits per heavy atom. The maximum atomic E-state index is 12.0. The summed E-state index contributed by atoms with van der Waals surface area (Å²) in [7, 11) is 0. The van der Waals surface area contributed by atoms with Crippen molar-refractivity contribution in [2.75, 3.05) is 6.61 Å². The van der Waals surface area contributed by atoms with E-state index in [0.717, 1.165) is 33.9 Å². The lowest BCUT2D eigenvalue weighted by Crippen LogP contribution is -2.09. The highest BCUT2D eigenvalue weighted by molar-refractivity contribution is 5.82. The largest absolute Gasteiger partial charge is 0.489 e. The van der Waals surface area contributed by atoms with E-state index in [-0.39, 0.29) is 24.2 Å². The summed E-state index contributed by atoms with van der Waals surface area (Å²) in [6, 6.07) is 16.2. The fourth-order valence-corrected chi connectivity index (χ4v) is 4.58. The Bertz CT molecular complexity index is 1470. The van der Waals surface area contributed by atoms with Crippen LogP contribution in [0.25, 0.3) is 16.8 Å². The van der Waals surface area contributed by atoms with Crippen LogP contribution in [-0.4, -0.2) is 27.2 Å². The Morgan fingerprint density at radius 2 is 1.79 bits per heavy atom.